The van der Waals surface area contributed by atoms with E-state index >= 15 is 0 Å². The molecular formula is C13H15N. The molecule has 1 aromatic heterocycles. The maximum Gasteiger partial charge on any atom is 0.0707 e. The molecule has 2 aromatic rings. The Morgan fingerprint density at radius 3 is 2.64 bits per heavy atom. The minimum atomic E-state index is 0.557. The summed E-state index contributed by atoms with van der Waals surface area (Å²) in [5.74, 6) is 0.557. The molecule has 0 bridgehead atoms. The first-order chi connectivity index (χ1) is 6.70. The van der Waals surface area contributed by atoms with Crippen molar-refractivity contribution in [1.82, 2.24) is 4.98 Å². The van der Waals surface area contributed by atoms with E-state index in [9.17, 15) is 0 Å². The molecule has 1 nitrogen and oxygen atoms in total. The highest BCUT2D eigenvalue weighted by Gasteiger charge is 2.06. The summed E-state index contributed by atoms with van der Waals surface area (Å²) in [7, 11) is 0. The Morgan fingerprint density at radius 1 is 1.14 bits per heavy atom. The normalized spacial score (nSPS) is 11.1. The lowest BCUT2D eigenvalue weighted by Gasteiger charge is -2.10. The zero-order valence-electron chi connectivity index (χ0n) is 8.91. The number of nitrogens with zero attached hydrogens (tertiary/aromatic N) is 1. The molecule has 0 N–H and O–H groups in total. The predicted octanol–water partition coefficient (Wildman–Crippen LogP) is 3.67. The van der Waals surface area contributed by atoms with Crippen LogP contribution in [0.2, 0.25) is 0 Å². The van der Waals surface area contributed by atoms with Crippen LogP contribution < -0.4 is 0 Å². The van der Waals surface area contributed by atoms with Gasteiger partial charge in [0.1, 0.15) is 0 Å². The highest BCUT2D eigenvalue weighted by molar-refractivity contribution is 5.85. The van der Waals surface area contributed by atoms with Crippen molar-refractivity contribution in [3.8, 4) is 0 Å². The lowest BCUT2D eigenvalue weighted by Crippen LogP contribution is -1.92. The van der Waals surface area contributed by atoms with Crippen molar-refractivity contribution >= 4 is 10.9 Å². The molecule has 2 rings (SSSR count). The van der Waals surface area contributed by atoms with Crippen molar-refractivity contribution in [3.63, 3.8) is 0 Å². The van der Waals surface area contributed by atoms with Gasteiger partial charge in [0, 0.05) is 11.6 Å². The fourth-order valence-electron chi connectivity index (χ4n) is 1.90. The van der Waals surface area contributed by atoms with Crippen LogP contribution in [0.4, 0.5) is 0 Å². The minimum Gasteiger partial charge on any atom is -0.256 e. The molecule has 0 aliphatic rings. The third kappa shape index (κ3) is 1.39. The van der Waals surface area contributed by atoms with Gasteiger partial charge in [-0.3, -0.25) is 4.98 Å². The third-order valence-corrected chi connectivity index (χ3v) is 2.63. The van der Waals surface area contributed by atoms with Gasteiger partial charge in [-0.05, 0) is 36.1 Å². The molecule has 1 heterocycles. The molecule has 1 aromatic carbocycles. The Hall–Kier alpha value is -1.37. The van der Waals surface area contributed by atoms with E-state index in [1.54, 1.807) is 0 Å². The van der Waals surface area contributed by atoms with Crippen molar-refractivity contribution in [1.29, 1.82) is 0 Å². The molecule has 0 amide bonds. The SMILES string of the molecule is Cc1cccc2nccc(C(C)C)c12. The zero-order chi connectivity index (χ0) is 10.1. The van der Waals surface area contributed by atoms with Gasteiger partial charge in [-0.15, -0.1) is 0 Å². The van der Waals surface area contributed by atoms with Gasteiger partial charge in [-0.1, -0.05) is 26.0 Å². The van der Waals surface area contributed by atoms with E-state index in [0.29, 0.717) is 5.92 Å². The first-order valence-electron chi connectivity index (χ1n) is 5.04. The summed E-state index contributed by atoms with van der Waals surface area (Å²) in [4.78, 5) is 4.39. The van der Waals surface area contributed by atoms with Crippen LogP contribution >= 0.6 is 0 Å². The summed E-state index contributed by atoms with van der Waals surface area (Å²) >= 11 is 0. The van der Waals surface area contributed by atoms with E-state index in [0.717, 1.165) is 5.52 Å². The van der Waals surface area contributed by atoms with Gasteiger partial charge < -0.3 is 0 Å². The Labute approximate surface area is 84.8 Å². The zero-order valence-corrected chi connectivity index (χ0v) is 8.91. The molecule has 72 valence electrons. The molecule has 1 heteroatoms. The average Bonchev–Trinajstić information content (AvgIpc) is 2.17. The average molecular weight is 185 g/mol. The molecule has 0 saturated carbocycles. The topological polar surface area (TPSA) is 12.9 Å². The van der Waals surface area contributed by atoms with E-state index in [-0.39, 0.29) is 0 Å². The van der Waals surface area contributed by atoms with Crippen LogP contribution in [0.1, 0.15) is 30.9 Å². The number of hydrogen-bond acceptors (Lipinski definition) is 1. The van der Waals surface area contributed by atoms with Crippen LogP contribution in [0.5, 0.6) is 0 Å². The Kier molecular flexibility index (Phi) is 2.24. The van der Waals surface area contributed by atoms with Crippen molar-refractivity contribution in [2.75, 3.05) is 0 Å². The first kappa shape index (κ1) is 9.20. The standard InChI is InChI=1S/C13H15N/c1-9(2)11-7-8-14-12-6-4-5-10(3)13(11)12/h4-9H,1-3H3. The summed E-state index contributed by atoms with van der Waals surface area (Å²) in [5.41, 5.74) is 3.82. The lowest BCUT2D eigenvalue weighted by molar-refractivity contribution is 0.873. The van der Waals surface area contributed by atoms with Crippen LogP contribution in [0.15, 0.2) is 30.5 Å². The summed E-state index contributed by atoms with van der Waals surface area (Å²) in [6.07, 6.45) is 1.90. The third-order valence-electron chi connectivity index (χ3n) is 2.63. The van der Waals surface area contributed by atoms with Crippen molar-refractivity contribution < 1.29 is 0 Å². The van der Waals surface area contributed by atoms with Crippen LogP contribution in [-0.2, 0) is 0 Å². The number of aromatic nitrogens is 1. The summed E-state index contributed by atoms with van der Waals surface area (Å²) < 4.78 is 0. The number of rotatable bonds is 1. The van der Waals surface area contributed by atoms with Gasteiger partial charge in [0.15, 0.2) is 0 Å². The Balaban J connectivity index is 2.84. The second-order valence-corrected chi connectivity index (χ2v) is 4.02. The van der Waals surface area contributed by atoms with Crippen LogP contribution in [0, 0.1) is 6.92 Å². The van der Waals surface area contributed by atoms with Crippen molar-refractivity contribution in [2.24, 2.45) is 0 Å². The highest BCUT2D eigenvalue weighted by atomic mass is 14.6. The fourth-order valence-corrected chi connectivity index (χ4v) is 1.90. The summed E-state index contributed by atoms with van der Waals surface area (Å²) in [6.45, 7) is 6.60. The molecule has 0 unspecified atom stereocenters. The monoisotopic (exact) mass is 185 g/mol. The van der Waals surface area contributed by atoms with E-state index in [1.807, 2.05) is 6.20 Å². The van der Waals surface area contributed by atoms with E-state index < -0.39 is 0 Å². The van der Waals surface area contributed by atoms with Gasteiger partial charge in [0.05, 0.1) is 5.52 Å². The number of pyridine rings is 1. The predicted molar refractivity (Wildman–Crippen MR) is 60.6 cm³/mol. The minimum absolute atomic E-state index is 0.557. The van der Waals surface area contributed by atoms with Crippen molar-refractivity contribution in [3.05, 3.63) is 41.6 Å². The van der Waals surface area contributed by atoms with Gasteiger partial charge in [0.25, 0.3) is 0 Å². The number of benzene rings is 1. The van der Waals surface area contributed by atoms with E-state index in [4.69, 9.17) is 0 Å². The smallest absolute Gasteiger partial charge is 0.0707 e. The van der Waals surface area contributed by atoms with Crippen LogP contribution in [0.25, 0.3) is 10.9 Å². The summed E-state index contributed by atoms with van der Waals surface area (Å²) in [6, 6.07) is 8.42. The number of hydrogen-bond donors (Lipinski definition) is 0. The maximum absolute atomic E-state index is 4.39. The van der Waals surface area contributed by atoms with Crippen molar-refractivity contribution in [2.45, 2.75) is 26.7 Å². The largest absolute Gasteiger partial charge is 0.256 e. The number of aryl methyl sites for hydroxylation is 1. The molecule has 0 saturated heterocycles. The molecule has 0 aliphatic carbocycles. The van der Waals surface area contributed by atoms with Gasteiger partial charge in [-0.25, -0.2) is 0 Å². The van der Waals surface area contributed by atoms with Gasteiger partial charge >= 0.3 is 0 Å². The van der Waals surface area contributed by atoms with Crippen LogP contribution in [0.3, 0.4) is 0 Å². The van der Waals surface area contributed by atoms with E-state index in [1.165, 1.54) is 16.5 Å². The molecule has 0 spiro atoms. The molecule has 0 atom stereocenters. The molecule has 0 fully saturated rings. The quantitative estimate of drug-likeness (QED) is 0.660. The second kappa shape index (κ2) is 3.41. The fraction of sp³-hybridized carbons (Fsp3) is 0.308. The lowest BCUT2D eigenvalue weighted by atomic mass is 9.96. The molecule has 0 radical (unpaired) electrons. The molecular weight excluding hydrogens is 170 g/mol. The number of fused-ring (bicyclic) bond motifs is 1. The highest BCUT2D eigenvalue weighted by Crippen LogP contribution is 2.26. The maximum atomic E-state index is 4.39. The second-order valence-electron chi connectivity index (χ2n) is 4.02. The molecule has 0 aliphatic heterocycles. The van der Waals surface area contributed by atoms with Gasteiger partial charge in [0.2, 0.25) is 0 Å². The van der Waals surface area contributed by atoms with E-state index in [2.05, 4.69) is 50.0 Å². The first-order valence-corrected chi connectivity index (χ1v) is 5.04. The van der Waals surface area contributed by atoms with Crippen LogP contribution in [-0.4, -0.2) is 4.98 Å². The van der Waals surface area contributed by atoms with Gasteiger partial charge in [-0.2, -0.15) is 0 Å². The molecule has 14 heavy (non-hydrogen) atoms. The Bertz CT molecular complexity index is 452. The Morgan fingerprint density at radius 2 is 1.93 bits per heavy atom. The summed E-state index contributed by atoms with van der Waals surface area (Å²) in [5, 5.41) is 1.32.